The molecular formula is C13H11BrN2O3. The number of hydrogen-bond donors (Lipinski definition) is 1. The summed E-state index contributed by atoms with van der Waals surface area (Å²) in [5.74, 6) is 0.552. The largest absolute Gasteiger partial charge is 0.497 e. The molecule has 1 aromatic heterocycles. The molecule has 5 nitrogen and oxygen atoms in total. The number of hydrazone groups is 1. The molecule has 0 bridgehead atoms. The minimum Gasteiger partial charge on any atom is -0.497 e. The average molecular weight is 323 g/mol. The van der Waals surface area contributed by atoms with E-state index >= 15 is 0 Å². The number of nitrogens with one attached hydrogen (secondary N) is 1. The average Bonchev–Trinajstić information content (AvgIpc) is 2.86. The van der Waals surface area contributed by atoms with Gasteiger partial charge in [0.2, 0.25) is 0 Å². The van der Waals surface area contributed by atoms with Gasteiger partial charge >= 0.3 is 5.91 Å². The summed E-state index contributed by atoms with van der Waals surface area (Å²) in [5, 5.41) is 3.84. The first kappa shape index (κ1) is 13.4. The van der Waals surface area contributed by atoms with Crippen molar-refractivity contribution in [1.29, 1.82) is 0 Å². The first-order chi connectivity index (χ1) is 9.19. The van der Waals surface area contributed by atoms with E-state index in [9.17, 15) is 4.79 Å². The molecule has 2 aromatic rings. The molecule has 0 atom stereocenters. The lowest BCUT2D eigenvalue weighted by molar-refractivity contribution is 0.0926. The number of benzene rings is 1. The van der Waals surface area contributed by atoms with E-state index in [-0.39, 0.29) is 5.76 Å². The number of carbonyl (C=O) groups is 1. The topological polar surface area (TPSA) is 63.8 Å². The van der Waals surface area contributed by atoms with Gasteiger partial charge in [-0.3, -0.25) is 4.79 Å². The van der Waals surface area contributed by atoms with Crippen LogP contribution in [0.3, 0.4) is 0 Å². The zero-order valence-corrected chi connectivity index (χ0v) is 11.7. The van der Waals surface area contributed by atoms with E-state index in [0.717, 1.165) is 11.3 Å². The third-order valence-corrected chi connectivity index (χ3v) is 2.72. The summed E-state index contributed by atoms with van der Waals surface area (Å²) >= 11 is 3.12. The summed E-state index contributed by atoms with van der Waals surface area (Å²) in [6, 6.07) is 10.5. The Bertz CT molecular complexity index is 590. The van der Waals surface area contributed by atoms with E-state index in [2.05, 4.69) is 26.5 Å². The molecule has 0 aliphatic carbocycles. The van der Waals surface area contributed by atoms with Crippen LogP contribution in [0, 0.1) is 0 Å². The van der Waals surface area contributed by atoms with Crippen molar-refractivity contribution in [3.63, 3.8) is 0 Å². The Hall–Kier alpha value is -2.08. The molecule has 0 saturated heterocycles. The highest BCUT2D eigenvalue weighted by atomic mass is 79.9. The minimum atomic E-state index is -0.407. The van der Waals surface area contributed by atoms with Gasteiger partial charge in [-0.05, 0) is 57.9 Å². The quantitative estimate of drug-likeness (QED) is 0.695. The van der Waals surface area contributed by atoms with Crippen molar-refractivity contribution in [2.45, 2.75) is 0 Å². The van der Waals surface area contributed by atoms with Crippen LogP contribution in [0.4, 0.5) is 0 Å². The monoisotopic (exact) mass is 322 g/mol. The standard InChI is InChI=1S/C13H11BrN2O3/c1-18-10-4-2-9(3-5-10)8-15-16-13(17)11-6-7-12(14)19-11/h2-8H,1H3,(H,16,17)/b15-8+. The molecule has 6 heteroatoms. The smallest absolute Gasteiger partial charge is 0.307 e. The Labute approximate surface area is 118 Å². The van der Waals surface area contributed by atoms with Crippen LogP contribution in [0.5, 0.6) is 5.75 Å². The number of furan rings is 1. The Morgan fingerprint density at radius 3 is 2.63 bits per heavy atom. The number of nitrogens with zero attached hydrogens (tertiary/aromatic N) is 1. The van der Waals surface area contributed by atoms with Crippen molar-refractivity contribution >= 4 is 28.1 Å². The van der Waals surface area contributed by atoms with Crippen LogP contribution in [0.2, 0.25) is 0 Å². The summed E-state index contributed by atoms with van der Waals surface area (Å²) in [6.07, 6.45) is 1.54. The number of amides is 1. The summed E-state index contributed by atoms with van der Waals surface area (Å²) < 4.78 is 10.6. The number of hydrogen-bond acceptors (Lipinski definition) is 4. The zero-order chi connectivity index (χ0) is 13.7. The lowest BCUT2D eigenvalue weighted by atomic mass is 10.2. The maximum atomic E-state index is 11.6. The van der Waals surface area contributed by atoms with E-state index in [4.69, 9.17) is 9.15 Å². The van der Waals surface area contributed by atoms with Crippen LogP contribution in [-0.4, -0.2) is 19.2 Å². The molecule has 98 valence electrons. The summed E-state index contributed by atoms with van der Waals surface area (Å²) in [4.78, 5) is 11.6. The fraction of sp³-hybridized carbons (Fsp3) is 0.0769. The fourth-order valence-electron chi connectivity index (χ4n) is 1.35. The SMILES string of the molecule is COc1ccc(/C=N/NC(=O)c2ccc(Br)o2)cc1. The summed E-state index contributed by atoms with van der Waals surface area (Å²) in [6.45, 7) is 0. The lowest BCUT2D eigenvalue weighted by Gasteiger charge is -1.99. The fourth-order valence-corrected chi connectivity index (χ4v) is 1.65. The number of carbonyl (C=O) groups excluding carboxylic acids is 1. The lowest BCUT2D eigenvalue weighted by Crippen LogP contribution is -2.16. The molecule has 1 N–H and O–H groups in total. The molecule has 0 radical (unpaired) electrons. The summed E-state index contributed by atoms with van der Waals surface area (Å²) in [7, 11) is 1.60. The third kappa shape index (κ3) is 3.69. The third-order valence-electron chi connectivity index (χ3n) is 2.29. The van der Waals surface area contributed by atoms with E-state index in [1.807, 2.05) is 24.3 Å². The normalized spacial score (nSPS) is 10.6. The second-order valence-electron chi connectivity index (χ2n) is 3.58. The van der Waals surface area contributed by atoms with Gasteiger partial charge < -0.3 is 9.15 Å². The molecule has 19 heavy (non-hydrogen) atoms. The van der Waals surface area contributed by atoms with Gasteiger partial charge in [0.25, 0.3) is 0 Å². The van der Waals surface area contributed by atoms with Gasteiger partial charge in [-0.1, -0.05) is 0 Å². The Balaban J connectivity index is 1.94. The van der Waals surface area contributed by atoms with Gasteiger partial charge in [0.1, 0.15) is 5.75 Å². The first-order valence-electron chi connectivity index (χ1n) is 5.42. The molecular weight excluding hydrogens is 312 g/mol. The van der Waals surface area contributed by atoms with Gasteiger partial charge in [-0.2, -0.15) is 5.10 Å². The van der Waals surface area contributed by atoms with Crippen molar-refractivity contribution in [2.75, 3.05) is 7.11 Å². The van der Waals surface area contributed by atoms with Crippen LogP contribution in [0.15, 0.2) is 50.6 Å². The molecule has 0 spiro atoms. The predicted octanol–water partition coefficient (Wildman–Crippen LogP) is 2.81. The molecule has 0 aliphatic rings. The molecule has 1 heterocycles. The van der Waals surface area contributed by atoms with E-state index in [1.165, 1.54) is 6.21 Å². The van der Waals surface area contributed by atoms with Crippen molar-refractivity contribution in [2.24, 2.45) is 5.10 Å². The predicted molar refractivity (Wildman–Crippen MR) is 74.5 cm³/mol. The number of rotatable bonds is 4. The number of ether oxygens (including phenoxy) is 1. The molecule has 0 saturated carbocycles. The van der Waals surface area contributed by atoms with Crippen LogP contribution < -0.4 is 10.2 Å². The van der Waals surface area contributed by atoms with Gasteiger partial charge in [0.15, 0.2) is 10.4 Å². The maximum Gasteiger partial charge on any atom is 0.307 e. The van der Waals surface area contributed by atoms with E-state index in [1.54, 1.807) is 19.2 Å². The maximum absolute atomic E-state index is 11.6. The van der Waals surface area contributed by atoms with Crippen LogP contribution >= 0.6 is 15.9 Å². The molecule has 0 aliphatic heterocycles. The highest BCUT2D eigenvalue weighted by Crippen LogP contribution is 2.13. The van der Waals surface area contributed by atoms with Crippen molar-refractivity contribution in [3.05, 3.63) is 52.4 Å². The first-order valence-corrected chi connectivity index (χ1v) is 6.21. The number of methoxy groups -OCH3 is 1. The van der Waals surface area contributed by atoms with Crippen LogP contribution in [0.25, 0.3) is 0 Å². The molecule has 1 aromatic carbocycles. The van der Waals surface area contributed by atoms with Crippen molar-refractivity contribution in [3.8, 4) is 5.75 Å². The summed E-state index contributed by atoms with van der Waals surface area (Å²) in [5.41, 5.74) is 3.22. The molecule has 1 amide bonds. The van der Waals surface area contributed by atoms with Crippen LogP contribution in [0.1, 0.15) is 16.1 Å². The van der Waals surface area contributed by atoms with Gasteiger partial charge in [-0.15, -0.1) is 0 Å². The highest BCUT2D eigenvalue weighted by molar-refractivity contribution is 9.10. The van der Waals surface area contributed by atoms with Gasteiger partial charge in [-0.25, -0.2) is 5.43 Å². The van der Waals surface area contributed by atoms with Crippen LogP contribution in [-0.2, 0) is 0 Å². The van der Waals surface area contributed by atoms with E-state index in [0.29, 0.717) is 4.67 Å². The minimum absolute atomic E-state index is 0.193. The Kier molecular flexibility index (Phi) is 4.35. The zero-order valence-electron chi connectivity index (χ0n) is 10.1. The van der Waals surface area contributed by atoms with Gasteiger partial charge in [0.05, 0.1) is 13.3 Å². The Morgan fingerprint density at radius 1 is 1.32 bits per heavy atom. The van der Waals surface area contributed by atoms with Gasteiger partial charge in [0, 0.05) is 0 Å². The number of halogens is 1. The van der Waals surface area contributed by atoms with Crippen molar-refractivity contribution < 1.29 is 13.9 Å². The Morgan fingerprint density at radius 2 is 2.05 bits per heavy atom. The second kappa shape index (κ2) is 6.19. The second-order valence-corrected chi connectivity index (χ2v) is 4.36. The highest BCUT2D eigenvalue weighted by Gasteiger charge is 2.08. The molecule has 0 unspecified atom stereocenters. The van der Waals surface area contributed by atoms with Crippen molar-refractivity contribution in [1.82, 2.24) is 5.43 Å². The van der Waals surface area contributed by atoms with E-state index < -0.39 is 5.91 Å². The molecule has 2 rings (SSSR count). The molecule has 0 fully saturated rings.